The van der Waals surface area contributed by atoms with Crippen molar-refractivity contribution >= 4 is 11.9 Å². The van der Waals surface area contributed by atoms with Crippen molar-refractivity contribution in [3.63, 3.8) is 0 Å². The highest BCUT2D eigenvalue weighted by atomic mass is 16.4. The van der Waals surface area contributed by atoms with E-state index in [0.29, 0.717) is 31.5 Å². The minimum absolute atomic E-state index is 0.106. The summed E-state index contributed by atoms with van der Waals surface area (Å²) in [6.45, 7) is 7.34. The molecule has 0 unspecified atom stereocenters. The number of carboxylic acid groups (broad SMARTS) is 1. The third kappa shape index (κ3) is 2.66. The number of carboxylic acids is 1. The Morgan fingerprint density at radius 1 is 1.43 bits per heavy atom. The molecule has 1 aliphatic rings. The number of likely N-dealkylation sites (tertiary alicyclic amines) is 1. The van der Waals surface area contributed by atoms with Gasteiger partial charge in [0.1, 0.15) is 0 Å². The average molecular weight is 293 g/mol. The molecule has 116 valence electrons. The first-order valence-corrected chi connectivity index (χ1v) is 7.50. The number of nitrogens with zero attached hydrogens (tertiary/aromatic N) is 3. The number of aryl methyl sites for hydroxylation is 1. The van der Waals surface area contributed by atoms with Crippen molar-refractivity contribution in [2.45, 2.75) is 46.6 Å². The molecule has 1 atom stereocenters. The maximum absolute atomic E-state index is 12.7. The third-order valence-electron chi connectivity index (χ3n) is 4.63. The molecule has 6 nitrogen and oxygen atoms in total. The van der Waals surface area contributed by atoms with Crippen LogP contribution in [0.5, 0.6) is 0 Å². The first kappa shape index (κ1) is 15.5. The molecule has 6 heteroatoms. The molecule has 0 aromatic carbocycles. The number of hydrogen-bond donors (Lipinski definition) is 1. The van der Waals surface area contributed by atoms with Crippen LogP contribution >= 0.6 is 0 Å². The Hall–Kier alpha value is -1.85. The van der Waals surface area contributed by atoms with Gasteiger partial charge in [-0.15, -0.1) is 0 Å². The van der Waals surface area contributed by atoms with Crippen LogP contribution < -0.4 is 0 Å². The maximum Gasteiger partial charge on any atom is 0.311 e. The molecule has 1 aromatic rings. The highest BCUT2D eigenvalue weighted by Crippen LogP contribution is 2.34. The van der Waals surface area contributed by atoms with Crippen LogP contribution in [-0.4, -0.2) is 44.8 Å². The molecule has 2 rings (SSSR count). The lowest BCUT2D eigenvalue weighted by Gasteiger charge is -2.39. The van der Waals surface area contributed by atoms with E-state index < -0.39 is 11.4 Å². The summed E-state index contributed by atoms with van der Waals surface area (Å²) in [5.41, 5.74) is 0.613. The number of rotatable bonds is 4. The molecule has 1 N–H and O–H groups in total. The second-order valence-corrected chi connectivity index (χ2v) is 5.73. The van der Waals surface area contributed by atoms with Crippen LogP contribution in [0.2, 0.25) is 0 Å². The molecule has 1 amide bonds. The molecule has 1 fully saturated rings. The SMILES string of the molecule is CCn1ncc(C(=O)N2CCC[C@](CC)(C(=O)O)C2)c1C. The fourth-order valence-electron chi connectivity index (χ4n) is 3.07. The quantitative estimate of drug-likeness (QED) is 0.920. The summed E-state index contributed by atoms with van der Waals surface area (Å²) in [6, 6.07) is 0. The molecular formula is C15H23N3O3. The van der Waals surface area contributed by atoms with Crippen LogP contribution in [0.3, 0.4) is 0 Å². The Kier molecular flexibility index (Phi) is 4.34. The van der Waals surface area contributed by atoms with Gasteiger partial charge in [-0.1, -0.05) is 6.92 Å². The van der Waals surface area contributed by atoms with Gasteiger partial charge >= 0.3 is 5.97 Å². The van der Waals surface area contributed by atoms with Crippen LogP contribution in [0.15, 0.2) is 6.20 Å². The fraction of sp³-hybridized carbons (Fsp3) is 0.667. The van der Waals surface area contributed by atoms with Crippen molar-refractivity contribution in [1.82, 2.24) is 14.7 Å². The molecule has 0 radical (unpaired) electrons. The average Bonchev–Trinajstić information content (AvgIpc) is 2.87. The highest BCUT2D eigenvalue weighted by Gasteiger charge is 2.42. The van der Waals surface area contributed by atoms with Gasteiger partial charge in [0.15, 0.2) is 0 Å². The van der Waals surface area contributed by atoms with Crippen molar-refractivity contribution in [2.24, 2.45) is 5.41 Å². The van der Waals surface area contributed by atoms with Crippen molar-refractivity contribution in [2.75, 3.05) is 13.1 Å². The topological polar surface area (TPSA) is 75.4 Å². The zero-order valence-corrected chi connectivity index (χ0v) is 12.9. The Bertz CT molecular complexity index is 552. The minimum atomic E-state index is -0.803. The second kappa shape index (κ2) is 5.87. The predicted octanol–water partition coefficient (Wildman–Crippen LogP) is 1.93. The summed E-state index contributed by atoms with van der Waals surface area (Å²) in [4.78, 5) is 25.9. The predicted molar refractivity (Wildman–Crippen MR) is 78.1 cm³/mol. The van der Waals surface area contributed by atoms with Crippen molar-refractivity contribution < 1.29 is 14.7 Å². The van der Waals surface area contributed by atoms with Crippen LogP contribution in [-0.2, 0) is 11.3 Å². The molecule has 0 bridgehead atoms. The van der Waals surface area contributed by atoms with Crippen LogP contribution in [0, 0.1) is 12.3 Å². The Morgan fingerprint density at radius 3 is 2.67 bits per heavy atom. The second-order valence-electron chi connectivity index (χ2n) is 5.73. The highest BCUT2D eigenvalue weighted by molar-refractivity contribution is 5.95. The van der Waals surface area contributed by atoms with Gasteiger partial charge in [-0.2, -0.15) is 5.10 Å². The lowest BCUT2D eigenvalue weighted by atomic mass is 9.77. The van der Waals surface area contributed by atoms with Gasteiger partial charge in [-0.05, 0) is 33.1 Å². The molecule has 0 spiro atoms. The molecule has 1 aliphatic heterocycles. The first-order valence-electron chi connectivity index (χ1n) is 7.50. The van der Waals surface area contributed by atoms with Gasteiger partial charge < -0.3 is 10.0 Å². The summed E-state index contributed by atoms with van der Waals surface area (Å²) < 4.78 is 1.78. The summed E-state index contributed by atoms with van der Waals surface area (Å²) >= 11 is 0. The number of carbonyl (C=O) groups excluding carboxylic acids is 1. The van der Waals surface area contributed by atoms with E-state index in [4.69, 9.17) is 0 Å². The fourth-order valence-corrected chi connectivity index (χ4v) is 3.07. The van der Waals surface area contributed by atoms with E-state index in [2.05, 4.69) is 5.10 Å². The Balaban J connectivity index is 2.23. The number of hydrogen-bond acceptors (Lipinski definition) is 3. The van der Waals surface area contributed by atoms with E-state index >= 15 is 0 Å². The smallest absolute Gasteiger partial charge is 0.311 e. The maximum atomic E-state index is 12.7. The largest absolute Gasteiger partial charge is 0.481 e. The minimum Gasteiger partial charge on any atom is -0.481 e. The Morgan fingerprint density at radius 2 is 2.14 bits per heavy atom. The van der Waals surface area contributed by atoms with E-state index in [1.54, 1.807) is 15.8 Å². The Labute approximate surface area is 124 Å². The van der Waals surface area contributed by atoms with Crippen LogP contribution in [0.25, 0.3) is 0 Å². The van der Waals surface area contributed by atoms with Gasteiger partial charge in [0.05, 0.1) is 17.2 Å². The summed E-state index contributed by atoms with van der Waals surface area (Å²) in [7, 11) is 0. The zero-order valence-electron chi connectivity index (χ0n) is 12.9. The number of aromatic nitrogens is 2. The van der Waals surface area contributed by atoms with E-state index in [1.807, 2.05) is 20.8 Å². The van der Waals surface area contributed by atoms with E-state index in [-0.39, 0.29) is 12.5 Å². The standard InChI is InChI=1S/C15H23N3O3/c1-4-15(14(20)21)7-6-8-17(10-15)13(19)12-9-16-18(5-2)11(12)3/h9H,4-8,10H2,1-3H3,(H,20,21)/t15-/m0/s1. The summed E-state index contributed by atoms with van der Waals surface area (Å²) in [6.07, 6.45) is 3.49. The molecule has 21 heavy (non-hydrogen) atoms. The third-order valence-corrected chi connectivity index (χ3v) is 4.63. The van der Waals surface area contributed by atoms with Crippen molar-refractivity contribution in [1.29, 1.82) is 0 Å². The van der Waals surface area contributed by atoms with Crippen molar-refractivity contribution in [3.8, 4) is 0 Å². The number of carbonyl (C=O) groups is 2. The molecule has 0 saturated carbocycles. The van der Waals surface area contributed by atoms with Gasteiger partial charge in [0.2, 0.25) is 0 Å². The van der Waals surface area contributed by atoms with E-state index in [9.17, 15) is 14.7 Å². The lowest BCUT2D eigenvalue weighted by molar-refractivity contribution is -0.152. The van der Waals surface area contributed by atoms with Crippen LogP contribution in [0.1, 0.15) is 49.2 Å². The van der Waals surface area contributed by atoms with E-state index in [1.165, 1.54) is 0 Å². The molecular weight excluding hydrogens is 270 g/mol. The molecule has 2 heterocycles. The number of amides is 1. The van der Waals surface area contributed by atoms with Crippen molar-refractivity contribution in [3.05, 3.63) is 17.5 Å². The van der Waals surface area contributed by atoms with Gasteiger partial charge in [-0.3, -0.25) is 14.3 Å². The normalized spacial score (nSPS) is 22.3. The summed E-state index contributed by atoms with van der Waals surface area (Å²) in [5.74, 6) is -0.908. The number of piperidine rings is 1. The molecule has 1 saturated heterocycles. The molecule has 1 aromatic heterocycles. The summed E-state index contributed by atoms with van der Waals surface area (Å²) in [5, 5.41) is 13.7. The van der Waals surface area contributed by atoms with E-state index in [0.717, 1.165) is 12.1 Å². The van der Waals surface area contributed by atoms with Gasteiger partial charge in [0, 0.05) is 25.3 Å². The first-order chi connectivity index (χ1) is 9.95. The van der Waals surface area contributed by atoms with Gasteiger partial charge in [0.25, 0.3) is 5.91 Å². The monoisotopic (exact) mass is 293 g/mol. The molecule has 0 aliphatic carbocycles. The lowest BCUT2D eigenvalue weighted by Crippen LogP contribution is -2.49. The zero-order chi connectivity index (χ0) is 15.6. The van der Waals surface area contributed by atoms with Gasteiger partial charge in [-0.25, -0.2) is 0 Å². The van der Waals surface area contributed by atoms with Crippen LogP contribution in [0.4, 0.5) is 0 Å². The number of aliphatic carboxylic acids is 1.